The van der Waals surface area contributed by atoms with Crippen LogP contribution in [0.25, 0.3) is 21.3 Å². The number of piperazine rings is 1. The third-order valence-corrected chi connectivity index (χ3v) is 7.62. The van der Waals surface area contributed by atoms with Crippen molar-refractivity contribution in [2.45, 2.75) is 24.3 Å². The summed E-state index contributed by atoms with van der Waals surface area (Å²) in [6.07, 6.45) is 0. The Morgan fingerprint density at radius 1 is 1.20 bits per heavy atom. The molecule has 0 bridgehead atoms. The number of amides is 1. The van der Waals surface area contributed by atoms with Crippen LogP contribution in [0.3, 0.4) is 0 Å². The first-order valence-electron chi connectivity index (χ1n) is 10.2. The minimum absolute atomic E-state index is 0.0705. The Morgan fingerprint density at radius 3 is 2.57 bits per heavy atom. The number of thioether (sulfide) groups is 1. The maximum atomic E-state index is 13.1. The number of hydrogen-bond donors (Lipinski definition) is 0. The van der Waals surface area contributed by atoms with Crippen molar-refractivity contribution in [2.75, 3.05) is 32.7 Å². The predicted molar refractivity (Wildman–Crippen MR) is 124 cm³/mol. The molecule has 8 heteroatoms. The van der Waals surface area contributed by atoms with Gasteiger partial charge in [0.05, 0.1) is 10.6 Å². The van der Waals surface area contributed by atoms with E-state index >= 15 is 0 Å². The van der Waals surface area contributed by atoms with E-state index in [9.17, 15) is 9.59 Å². The lowest BCUT2D eigenvalue weighted by molar-refractivity contribution is -0.132. The zero-order chi connectivity index (χ0) is 21.3. The monoisotopic (exact) mass is 442 g/mol. The van der Waals surface area contributed by atoms with Crippen LogP contribution < -0.4 is 5.56 Å². The Labute approximate surface area is 184 Å². The Kier molecular flexibility index (Phi) is 6.26. The average Bonchev–Trinajstić information content (AvgIpc) is 3.21. The summed E-state index contributed by atoms with van der Waals surface area (Å²) >= 11 is 2.84. The van der Waals surface area contributed by atoms with Gasteiger partial charge in [-0.25, -0.2) is 4.98 Å². The van der Waals surface area contributed by atoms with E-state index in [1.165, 1.54) is 23.1 Å². The molecule has 30 heavy (non-hydrogen) atoms. The second kappa shape index (κ2) is 8.91. The van der Waals surface area contributed by atoms with E-state index in [2.05, 4.69) is 11.8 Å². The molecule has 6 nitrogen and oxygen atoms in total. The molecule has 4 rings (SSSR count). The van der Waals surface area contributed by atoms with Crippen LogP contribution in [0.2, 0.25) is 0 Å². The van der Waals surface area contributed by atoms with Gasteiger partial charge in [0.15, 0.2) is 5.16 Å². The Morgan fingerprint density at radius 2 is 1.90 bits per heavy atom. The van der Waals surface area contributed by atoms with Gasteiger partial charge in [-0.3, -0.25) is 14.2 Å². The van der Waals surface area contributed by atoms with Crippen LogP contribution in [0.5, 0.6) is 0 Å². The topological polar surface area (TPSA) is 58.4 Å². The Balaban J connectivity index is 1.57. The fourth-order valence-electron chi connectivity index (χ4n) is 3.74. The highest BCUT2D eigenvalue weighted by Gasteiger charge is 2.26. The summed E-state index contributed by atoms with van der Waals surface area (Å²) in [6.45, 7) is 8.41. The van der Waals surface area contributed by atoms with Gasteiger partial charge < -0.3 is 9.80 Å². The van der Waals surface area contributed by atoms with Crippen molar-refractivity contribution in [3.05, 3.63) is 46.1 Å². The lowest BCUT2D eigenvalue weighted by Gasteiger charge is -2.35. The number of carbonyl (C=O) groups is 1. The summed E-state index contributed by atoms with van der Waals surface area (Å²) in [7, 11) is 1.74. The van der Waals surface area contributed by atoms with Gasteiger partial charge in [-0.05, 0) is 19.0 Å². The molecule has 3 aromatic rings. The molecule has 1 saturated heterocycles. The number of nitrogens with zero attached hydrogens (tertiary/aromatic N) is 4. The number of fused-ring (bicyclic) bond motifs is 1. The molecule has 0 radical (unpaired) electrons. The van der Waals surface area contributed by atoms with Crippen molar-refractivity contribution < 1.29 is 4.79 Å². The smallest absolute Gasteiger partial charge is 0.263 e. The van der Waals surface area contributed by atoms with Gasteiger partial charge in [0.1, 0.15) is 4.83 Å². The molecule has 3 heterocycles. The highest BCUT2D eigenvalue weighted by Crippen LogP contribution is 2.32. The Hall–Kier alpha value is -2.16. The van der Waals surface area contributed by atoms with Crippen molar-refractivity contribution in [2.24, 2.45) is 7.05 Å². The first kappa shape index (κ1) is 21.1. The van der Waals surface area contributed by atoms with Gasteiger partial charge in [-0.2, -0.15) is 0 Å². The van der Waals surface area contributed by atoms with Gasteiger partial charge in [-0.1, -0.05) is 49.0 Å². The molecule has 1 aromatic carbocycles. The molecule has 158 valence electrons. The van der Waals surface area contributed by atoms with Crippen molar-refractivity contribution >= 4 is 39.2 Å². The van der Waals surface area contributed by atoms with Crippen LogP contribution in [-0.2, 0) is 11.8 Å². The van der Waals surface area contributed by atoms with Crippen LogP contribution in [0.15, 0.2) is 45.7 Å². The lowest BCUT2D eigenvalue weighted by Crippen LogP contribution is -2.50. The summed E-state index contributed by atoms with van der Waals surface area (Å²) in [5, 5.41) is 2.93. The summed E-state index contributed by atoms with van der Waals surface area (Å²) in [5.74, 6) is 0.112. The van der Waals surface area contributed by atoms with Crippen LogP contribution in [-0.4, -0.2) is 63.2 Å². The molecule has 1 aliphatic rings. The largest absolute Gasteiger partial charge is 0.339 e. The maximum absolute atomic E-state index is 13.1. The second-order valence-corrected chi connectivity index (χ2v) is 9.64. The molecule has 0 N–H and O–H groups in total. The minimum atomic E-state index is -0.290. The third-order valence-electron chi connectivity index (χ3n) is 5.62. The first-order chi connectivity index (χ1) is 14.5. The van der Waals surface area contributed by atoms with E-state index in [0.717, 1.165) is 48.7 Å². The van der Waals surface area contributed by atoms with Gasteiger partial charge in [0, 0.05) is 44.2 Å². The van der Waals surface area contributed by atoms with E-state index < -0.39 is 0 Å². The van der Waals surface area contributed by atoms with Crippen LogP contribution >= 0.6 is 23.1 Å². The van der Waals surface area contributed by atoms with Crippen LogP contribution in [0.4, 0.5) is 0 Å². The minimum Gasteiger partial charge on any atom is -0.339 e. The summed E-state index contributed by atoms with van der Waals surface area (Å²) < 4.78 is 1.57. The molecule has 2 aromatic heterocycles. The number of likely N-dealkylation sites (N-methyl/N-ethyl adjacent to an activating group) is 1. The van der Waals surface area contributed by atoms with Crippen LogP contribution in [0.1, 0.15) is 13.8 Å². The quantitative estimate of drug-likeness (QED) is 0.448. The molecule has 1 fully saturated rings. The molecule has 1 aliphatic heterocycles. The van der Waals surface area contributed by atoms with Gasteiger partial charge in [0.25, 0.3) is 5.56 Å². The van der Waals surface area contributed by atoms with E-state index in [-0.39, 0.29) is 16.7 Å². The molecule has 0 spiro atoms. The van der Waals surface area contributed by atoms with Gasteiger partial charge >= 0.3 is 0 Å². The van der Waals surface area contributed by atoms with Gasteiger partial charge in [0.2, 0.25) is 5.91 Å². The number of carbonyl (C=O) groups excluding carboxylic acids is 1. The highest BCUT2D eigenvalue weighted by atomic mass is 32.2. The highest BCUT2D eigenvalue weighted by molar-refractivity contribution is 8.00. The van der Waals surface area contributed by atoms with Crippen molar-refractivity contribution in [3.63, 3.8) is 0 Å². The fourth-order valence-corrected chi connectivity index (χ4v) is 5.69. The SMILES string of the molecule is CCN1CCN(C(=O)C(C)Sc2nc3scc(-c4ccccc4)c3c(=O)n2C)CC1. The number of thiophene rings is 1. The normalized spacial score (nSPS) is 16.2. The molecule has 0 aliphatic carbocycles. The number of hydrogen-bond acceptors (Lipinski definition) is 6. The summed E-state index contributed by atoms with van der Waals surface area (Å²) in [6, 6.07) is 9.90. The molecule has 1 atom stereocenters. The zero-order valence-electron chi connectivity index (χ0n) is 17.5. The number of aromatic nitrogens is 2. The van der Waals surface area contributed by atoms with Crippen molar-refractivity contribution in [1.29, 1.82) is 0 Å². The molecule has 0 saturated carbocycles. The van der Waals surface area contributed by atoms with E-state index in [0.29, 0.717) is 10.5 Å². The molecular formula is C22H26N4O2S2. The Bertz CT molecular complexity index is 1100. The second-order valence-electron chi connectivity index (χ2n) is 7.47. The van der Waals surface area contributed by atoms with Crippen molar-refractivity contribution in [3.8, 4) is 11.1 Å². The third kappa shape index (κ3) is 4.04. The summed E-state index contributed by atoms with van der Waals surface area (Å²) in [5.41, 5.74) is 1.86. The van der Waals surface area contributed by atoms with E-state index in [1.54, 1.807) is 11.6 Å². The summed E-state index contributed by atoms with van der Waals surface area (Å²) in [4.78, 5) is 35.8. The van der Waals surface area contributed by atoms with E-state index in [4.69, 9.17) is 4.98 Å². The zero-order valence-corrected chi connectivity index (χ0v) is 19.1. The first-order valence-corrected chi connectivity index (χ1v) is 12.0. The number of benzene rings is 1. The standard InChI is InChI=1S/C22H26N4O2S2/c1-4-25-10-12-26(13-11-25)20(27)15(2)30-22-23-19-18(21(28)24(22)3)17(14-29-19)16-8-6-5-7-9-16/h5-9,14-15H,4,10-13H2,1-3H3. The lowest BCUT2D eigenvalue weighted by atomic mass is 10.1. The molecule has 1 amide bonds. The fraction of sp³-hybridized carbons (Fsp3) is 0.409. The molecule has 1 unspecified atom stereocenters. The molecular weight excluding hydrogens is 416 g/mol. The van der Waals surface area contributed by atoms with Crippen molar-refractivity contribution in [1.82, 2.24) is 19.4 Å². The van der Waals surface area contributed by atoms with Gasteiger partial charge in [-0.15, -0.1) is 11.3 Å². The van der Waals surface area contributed by atoms with E-state index in [1.807, 2.05) is 47.5 Å². The average molecular weight is 443 g/mol. The van der Waals surface area contributed by atoms with Crippen LogP contribution in [0, 0.1) is 0 Å². The predicted octanol–water partition coefficient (Wildman–Crippen LogP) is 3.31. The number of rotatable bonds is 5. The maximum Gasteiger partial charge on any atom is 0.263 e.